The minimum Gasteiger partial charge on any atom is -0.493 e. The number of hydrogen-bond acceptors (Lipinski definition) is 7. The molecule has 0 fully saturated rings. The molecule has 0 aliphatic rings. The highest BCUT2D eigenvalue weighted by Crippen LogP contribution is 2.37. The highest BCUT2D eigenvalue weighted by molar-refractivity contribution is 9.10. The predicted octanol–water partition coefficient (Wildman–Crippen LogP) is 4.75. The van der Waals surface area contributed by atoms with Gasteiger partial charge < -0.3 is 14.8 Å². The molecule has 160 valence electrons. The van der Waals surface area contributed by atoms with Crippen molar-refractivity contribution in [2.45, 2.75) is 18.3 Å². The highest BCUT2D eigenvalue weighted by Gasteiger charge is 2.15. The number of aromatic nitrogens is 4. The van der Waals surface area contributed by atoms with E-state index >= 15 is 0 Å². The van der Waals surface area contributed by atoms with E-state index in [2.05, 4.69) is 36.8 Å². The maximum Gasteiger partial charge on any atom is 0.209 e. The monoisotopic (exact) mass is 531 g/mol. The molecule has 0 unspecified atom stereocenters. The number of tetrazole rings is 1. The zero-order valence-electron chi connectivity index (χ0n) is 16.4. The Kier molecular flexibility index (Phi) is 8.64. The van der Waals surface area contributed by atoms with Crippen molar-refractivity contribution >= 4 is 50.9 Å². The van der Waals surface area contributed by atoms with Gasteiger partial charge in [0, 0.05) is 35.9 Å². The molecule has 11 heteroatoms. The Bertz CT molecular complexity index is 1010. The Morgan fingerprint density at radius 1 is 1.20 bits per heavy atom. The standard InChI is InChI=1S/C19H20BrCl2N5O2S/c1-27-19(24-25-26-27)30-8-7-23-10-13-14(20)4-6-17(28-2)18(13)29-11-12-3-5-15(21)16(22)9-12/h3-6,9,23H,7-8,10-11H2,1-2H3. The van der Waals surface area contributed by atoms with E-state index in [1.165, 1.54) is 0 Å². The average Bonchev–Trinajstić information content (AvgIpc) is 3.14. The quantitative estimate of drug-likeness (QED) is 0.298. The van der Waals surface area contributed by atoms with Crippen molar-refractivity contribution in [2.75, 3.05) is 19.4 Å². The van der Waals surface area contributed by atoms with E-state index in [0.29, 0.717) is 34.7 Å². The first-order valence-electron chi connectivity index (χ1n) is 8.97. The minimum absolute atomic E-state index is 0.339. The van der Waals surface area contributed by atoms with Crippen molar-refractivity contribution in [1.82, 2.24) is 25.5 Å². The third kappa shape index (κ3) is 6.01. The van der Waals surface area contributed by atoms with Crippen LogP contribution in [0.3, 0.4) is 0 Å². The maximum atomic E-state index is 6.12. The van der Waals surface area contributed by atoms with Gasteiger partial charge in [-0.25, -0.2) is 4.68 Å². The molecule has 7 nitrogen and oxygen atoms in total. The largest absolute Gasteiger partial charge is 0.493 e. The van der Waals surface area contributed by atoms with Gasteiger partial charge in [-0.3, -0.25) is 0 Å². The van der Waals surface area contributed by atoms with E-state index in [1.54, 1.807) is 35.7 Å². The van der Waals surface area contributed by atoms with Crippen LogP contribution in [-0.2, 0) is 20.2 Å². The smallest absolute Gasteiger partial charge is 0.209 e. The van der Waals surface area contributed by atoms with E-state index < -0.39 is 0 Å². The van der Waals surface area contributed by atoms with Crippen LogP contribution in [0.5, 0.6) is 11.5 Å². The molecule has 0 bridgehead atoms. The summed E-state index contributed by atoms with van der Waals surface area (Å²) in [6.07, 6.45) is 0. The van der Waals surface area contributed by atoms with Gasteiger partial charge in [-0.05, 0) is 40.3 Å². The van der Waals surface area contributed by atoms with Crippen LogP contribution in [-0.4, -0.2) is 39.6 Å². The van der Waals surface area contributed by atoms with E-state index in [1.807, 2.05) is 25.2 Å². The molecule has 1 N–H and O–H groups in total. The van der Waals surface area contributed by atoms with Gasteiger partial charge in [0.05, 0.1) is 17.2 Å². The zero-order valence-corrected chi connectivity index (χ0v) is 20.3. The highest BCUT2D eigenvalue weighted by atomic mass is 79.9. The normalized spacial score (nSPS) is 11.0. The lowest BCUT2D eigenvalue weighted by atomic mass is 10.1. The Labute approximate surface area is 197 Å². The predicted molar refractivity (Wildman–Crippen MR) is 123 cm³/mol. The molecule has 0 aliphatic heterocycles. The van der Waals surface area contributed by atoms with Gasteiger partial charge in [-0.1, -0.05) is 57.0 Å². The van der Waals surface area contributed by atoms with E-state index in [-0.39, 0.29) is 0 Å². The van der Waals surface area contributed by atoms with E-state index in [0.717, 1.165) is 33.1 Å². The van der Waals surface area contributed by atoms with Gasteiger partial charge in [-0.2, -0.15) is 0 Å². The summed E-state index contributed by atoms with van der Waals surface area (Å²) < 4.78 is 14.2. The maximum absolute atomic E-state index is 6.12. The van der Waals surface area contributed by atoms with Crippen LogP contribution in [0, 0.1) is 0 Å². The van der Waals surface area contributed by atoms with E-state index in [4.69, 9.17) is 32.7 Å². The van der Waals surface area contributed by atoms with Crippen LogP contribution < -0.4 is 14.8 Å². The van der Waals surface area contributed by atoms with Crippen LogP contribution >= 0.6 is 50.9 Å². The molecule has 0 amide bonds. The number of ether oxygens (including phenoxy) is 2. The van der Waals surface area contributed by atoms with Crippen molar-refractivity contribution in [3.8, 4) is 11.5 Å². The van der Waals surface area contributed by atoms with Crippen molar-refractivity contribution < 1.29 is 9.47 Å². The van der Waals surface area contributed by atoms with Crippen LogP contribution in [0.2, 0.25) is 10.0 Å². The molecular weight excluding hydrogens is 513 g/mol. The first-order chi connectivity index (χ1) is 14.5. The lowest BCUT2D eigenvalue weighted by molar-refractivity contribution is 0.280. The Morgan fingerprint density at radius 3 is 2.73 bits per heavy atom. The summed E-state index contributed by atoms with van der Waals surface area (Å²) in [5, 5.41) is 16.6. The van der Waals surface area contributed by atoms with Gasteiger partial charge in [-0.15, -0.1) is 5.10 Å². The van der Waals surface area contributed by atoms with E-state index in [9.17, 15) is 0 Å². The molecule has 0 saturated heterocycles. The number of nitrogens with one attached hydrogen (secondary N) is 1. The second-order valence-corrected chi connectivity index (χ2v) is 8.94. The van der Waals surface area contributed by atoms with Gasteiger partial charge in [0.2, 0.25) is 5.16 Å². The molecule has 0 spiro atoms. The Hall–Kier alpha value is -1.52. The van der Waals surface area contributed by atoms with Crippen molar-refractivity contribution in [1.29, 1.82) is 0 Å². The lowest BCUT2D eigenvalue weighted by Gasteiger charge is -2.17. The minimum atomic E-state index is 0.339. The summed E-state index contributed by atoms with van der Waals surface area (Å²) >= 11 is 17.3. The fourth-order valence-electron chi connectivity index (χ4n) is 2.62. The van der Waals surface area contributed by atoms with Gasteiger partial charge in [0.25, 0.3) is 0 Å². The molecule has 3 aromatic rings. The van der Waals surface area contributed by atoms with Crippen LogP contribution in [0.4, 0.5) is 0 Å². The number of hydrogen-bond donors (Lipinski definition) is 1. The molecule has 30 heavy (non-hydrogen) atoms. The molecule has 1 aromatic heterocycles. The van der Waals surface area contributed by atoms with Crippen LogP contribution in [0.15, 0.2) is 40.0 Å². The number of benzene rings is 2. The molecule has 0 radical (unpaired) electrons. The van der Waals surface area contributed by atoms with Crippen molar-refractivity contribution in [3.63, 3.8) is 0 Å². The summed E-state index contributed by atoms with van der Waals surface area (Å²) in [5.74, 6) is 2.17. The molecule has 3 rings (SSSR count). The fraction of sp³-hybridized carbons (Fsp3) is 0.316. The van der Waals surface area contributed by atoms with Crippen LogP contribution in [0.25, 0.3) is 0 Å². The number of halogens is 3. The summed E-state index contributed by atoms with van der Waals surface area (Å²) in [6.45, 7) is 1.71. The first-order valence-corrected chi connectivity index (χ1v) is 11.5. The molecule has 0 atom stereocenters. The number of aryl methyl sites for hydroxylation is 1. The summed E-state index contributed by atoms with van der Waals surface area (Å²) in [5.41, 5.74) is 1.89. The SMILES string of the molecule is COc1ccc(Br)c(CNCCSc2nnnn2C)c1OCc1ccc(Cl)c(Cl)c1. The Balaban J connectivity index is 1.64. The number of methoxy groups -OCH3 is 1. The van der Waals surface area contributed by atoms with Crippen molar-refractivity contribution in [3.05, 3.63) is 56.0 Å². The summed E-state index contributed by atoms with van der Waals surface area (Å²) in [4.78, 5) is 0. The topological polar surface area (TPSA) is 74.1 Å². The number of rotatable bonds is 10. The Morgan fingerprint density at radius 2 is 2.03 bits per heavy atom. The van der Waals surface area contributed by atoms with Gasteiger partial charge in [0.1, 0.15) is 6.61 Å². The molecular formula is C19H20BrCl2N5O2S. The zero-order chi connectivity index (χ0) is 21.5. The molecule has 0 aliphatic carbocycles. The molecule has 0 saturated carbocycles. The number of nitrogens with zero attached hydrogens (tertiary/aromatic N) is 4. The first kappa shape index (κ1) is 23.1. The average molecular weight is 533 g/mol. The van der Waals surface area contributed by atoms with Gasteiger partial charge in [0.15, 0.2) is 11.5 Å². The fourth-order valence-corrected chi connectivity index (χ4v) is 4.14. The third-order valence-electron chi connectivity index (χ3n) is 4.15. The van der Waals surface area contributed by atoms with Crippen LogP contribution in [0.1, 0.15) is 11.1 Å². The lowest BCUT2D eigenvalue weighted by Crippen LogP contribution is -2.18. The molecule has 1 heterocycles. The molecule has 2 aromatic carbocycles. The van der Waals surface area contributed by atoms with Gasteiger partial charge >= 0.3 is 0 Å². The second kappa shape index (κ2) is 11.2. The third-order valence-corrected chi connectivity index (χ3v) is 6.64. The number of thioether (sulfide) groups is 1. The summed E-state index contributed by atoms with van der Waals surface area (Å²) in [6, 6.07) is 9.25. The second-order valence-electron chi connectivity index (χ2n) is 6.20. The van der Waals surface area contributed by atoms with Crippen molar-refractivity contribution in [2.24, 2.45) is 7.05 Å². The summed E-state index contributed by atoms with van der Waals surface area (Å²) in [7, 11) is 3.44.